The smallest absolute Gasteiger partial charge is 0.258 e. The van der Waals surface area contributed by atoms with E-state index in [9.17, 15) is 5.26 Å². The van der Waals surface area contributed by atoms with Crippen LogP contribution in [0.3, 0.4) is 0 Å². The zero-order valence-corrected chi connectivity index (χ0v) is 15.4. The topological polar surface area (TPSA) is 71.9 Å². The minimum absolute atomic E-state index is 0.00302. The van der Waals surface area contributed by atoms with E-state index in [0.29, 0.717) is 28.6 Å². The first-order valence-corrected chi connectivity index (χ1v) is 8.67. The lowest BCUT2D eigenvalue weighted by Gasteiger charge is -2.11. The molecule has 1 aromatic heterocycles. The highest BCUT2D eigenvalue weighted by Crippen LogP contribution is 2.28. The molecule has 0 radical (unpaired) electrons. The van der Waals surface area contributed by atoms with E-state index in [2.05, 4.69) is 37.0 Å². The average molecular weight is 345 g/mol. The maximum atomic E-state index is 9.39. The molecule has 3 aromatic rings. The highest BCUT2D eigenvalue weighted by atomic mass is 16.5. The second kappa shape index (κ2) is 7.44. The lowest BCUT2D eigenvalue weighted by Crippen LogP contribution is -2.10. The molecule has 0 atom stereocenters. The number of benzene rings is 2. The van der Waals surface area contributed by atoms with Crippen molar-refractivity contribution in [2.24, 2.45) is 0 Å². The average Bonchev–Trinajstić information content (AvgIpc) is 3.11. The summed E-state index contributed by atoms with van der Waals surface area (Å²) >= 11 is 0. The van der Waals surface area contributed by atoms with Gasteiger partial charge in [0.25, 0.3) is 5.89 Å². The van der Waals surface area contributed by atoms with Gasteiger partial charge in [0, 0.05) is 11.1 Å². The maximum absolute atomic E-state index is 9.39. The van der Waals surface area contributed by atoms with Gasteiger partial charge in [-0.1, -0.05) is 35.7 Å². The van der Waals surface area contributed by atoms with Gasteiger partial charge in [0.2, 0.25) is 5.82 Å². The molecule has 0 aliphatic carbocycles. The molecule has 0 amide bonds. The molecular weight excluding hydrogens is 325 g/mol. The van der Waals surface area contributed by atoms with Crippen molar-refractivity contribution in [3.05, 3.63) is 47.5 Å². The molecule has 0 bridgehead atoms. The van der Waals surface area contributed by atoms with Gasteiger partial charge < -0.3 is 9.26 Å². The van der Waals surface area contributed by atoms with E-state index in [0.717, 1.165) is 12.0 Å². The molecule has 6 heteroatoms. The zero-order valence-electron chi connectivity index (χ0n) is 15.4. The standard InChI is InChI=1S/C20H20BN3O2/c1-4-15-16(6-5-7-17(15)21)19-23-20(26-24-19)13-8-9-18(25-12(2)3)14(10-13)11-22/h5-10,12H,4,21H2,1-3H3. The SMILES string of the molecule is Bc1cccc(-c2noc(-c3ccc(OC(C)C)c(C#N)c3)n2)c1CC. The van der Waals surface area contributed by atoms with E-state index in [1.54, 1.807) is 12.1 Å². The number of nitriles is 1. The lowest BCUT2D eigenvalue weighted by atomic mass is 9.86. The van der Waals surface area contributed by atoms with Gasteiger partial charge in [0.05, 0.1) is 11.7 Å². The van der Waals surface area contributed by atoms with Gasteiger partial charge in [-0.2, -0.15) is 10.2 Å². The Morgan fingerprint density at radius 2 is 2.08 bits per heavy atom. The Balaban J connectivity index is 1.99. The monoisotopic (exact) mass is 345 g/mol. The predicted octanol–water partition coefficient (Wildman–Crippen LogP) is 2.88. The molecule has 3 rings (SSSR count). The van der Waals surface area contributed by atoms with Crippen LogP contribution in [0, 0.1) is 11.3 Å². The van der Waals surface area contributed by atoms with E-state index in [1.807, 2.05) is 32.0 Å². The molecule has 0 N–H and O–H groups in total. The van der Waals surface area contributed by atoms with Gasteiger partial charge in [0.1, 0.15) is 19.7 Å². The van der Waals surface area contributed by atoms with Crippen LogP contribution < -0.4 is 10.2 Å². The van der Waals surface area contributed by atoms with Crippen molar-refractivity contribution in [3.63, 3.8) is 0 Å². The summed E-state index contributed by atoms with van der Waals surface area (Å²) in [5.41, 5.74) is 4.53. The second-order valence-corrected chi connectivity index (χ2v) is 6.37. The van der Waals surface area contributed by atoms with E-state index < -0.39 is 0 Å². The van der Waals surface area contributed by atoms with Crippen LogP contribution in [0.25, 0.3) is 22.8 Å². The zero-order chi connectivity index (χ0) is 18.7. The summed E-state index contributed by atoms with van der Waals surface area (Å²) in [4.78, 5) is 4.54. The minimum atomic E-state index is -0.00302. The molecule has 26 heavy (non-hydrogen) atoms. The highest BCUT2D eigenvalue weighted by Gasteiger charge is 2.16. The Morgan fingerprint density at radius 3 is 2.77 bits per heavy atom. The van der Waals surface area contributed by atoms with E-state index in [4.69, 9.17) is 9.26 Å². The van der Waals surface area contributed by atoms with Crippen molar-refractivity contribution in [3.8, 4) is 34.7 Å². The molecule has 2 aromatic carbocycles. The molecule has 130 valence electrons. The van der Waals surface area contributed by atoms with Crippen LogP contribution in [0.2, 0.25) is 0 Å². The number of hydrogen-bond acceptors (Lipinski definition) is 5. The number of rotatable bonds is 5. The normalized spacial score (nSPS) is 10.7. The molecule has 0 fully saturated rings. The summed E-state index contributed by atoms with van der Waals surface area (Å²) in [6.07, 6.45) is 0.892. The fraction of sp³-hybridized carbons (Fsp3) is 0.250. The Morgan fingerprint density at radius 1 is 1.27 bits per heavy atom. The summed E-state index contributed by atoms with van der Waals surface area (Å²) < 4.78 is 11.1. The third-order valence-corrected chi connectivity index (χ3v) is 4.14. The molecule has 0 aliphatic heterocycles. The van der Waals surface area contributed by atoms with Gasteiger partial charge in [0.15, 0.2) is 0 Å². The molecule has 0 saturated heterocycles. The summed E-state index contributed by atoms with van der Waals surface area (Å²) in [7, 11) is 2.08. The minimum Gasteiger partial charge on any atom is -0.490 e. The molecule has 0 aliphatic rings. The lowest BCUT2D eigenvalue weighted by molar-refractivity contribution is 0.242. The Hall–Kier alpha value is -3.07. The molecule has 1 heterocycles. The van der Waals surface area contributed by atoms with Crippen molar-refractivity contribution in [2.45, 2.75) is 33.3 Å². The van der Waals surface area contributed by atoms with E-state index in [-0.39, 0.29) is 6.10 Å². The molecule has 5 nitrogen and oxygen atoms in total. The number of ether oxygens (including phenoxy) is 1. The van der Waals surface area contributed by atoms with Crippen molar-refractivity contribution in [1.29, 1.82) is 5.26 Å². The quantitative estimate of drug-likeness (QED) is 0.665. The largest absolute Gasteiger partial charge is 0.490 e. The fourth-order valence-electron chi connectivity index (χ4n) is 2.94. The fourth-order valence-corrected chi connectivity index (χ4v) is 2.94. The second-order valence-electron chi connectivity index (χ2n) is 6.37. The van der Waals surface area contributed by atoms with Crippen molar-refractivity contribution in [1.82, 2.24) is 10.1 Å². The van der Waals surface area contributed by atoms with Gasteiger partial charge in [-0.15, -0.1) is 0 Å². The highest BCUT2D eigenvalue weighted by molar-refractivity contribution is 6.33. The van der Waals surface area contributed by atoms with E-state index in [1.165, 1.54) is 11.0 Å². The predicted molar refractivity (Wildman–Crippen MR) is 103 cm³/mol. The number of nitrogens with zero attached hydrogens (tertiary/aromatic N) is 3. The van der Waals surface area contributed by atoms with Gasteiger partial charge >= 0.3 is 0 Å². The number of hydrogen-bond donors (Lipinski definition) is 0. The molecular formula is C20H20BN3O2. The van der Waals surface area contributed by atoms with Crippen LogP contribution in [0.1, 0.15) is 31.9 Å². The van der Waals surface area contributed by atoms with Gasteiger partial charge in [-0.05, 0) is 44.0 Å². The van der Waals surface area contributed by atoms with Gasteiger partial charge in [-0.25, -0.2) is 0 Å². The third kappa shape index (κ3) is 3.47. The van der Waals surface area contributed by atoms with Crippen molar-refractivity contribution >= 4 is 13.3 Å². The Labute approximate surface area is 154 Å². The maximum Gasteiger partial charge on any atom is 0.258 e. The van der Waals surface area contributed by atoms with Crippen LogP contribution in [0.4, 0.5) is 0 Å². The molecule has 0 unspecified atom stereocenters. The van der Waals surface area contributed by atoms with Crippen LogP contribution in [-0.2, 0) is 6.42 Å². The molecule has 0 spiro atoms. The number of aromatic nitrogens is 2. The van der Waals surface area contributed by atoms with Crippen molar-refractivity contribution < 1.29 is 9.26 Å². The first kappa shape index (κ1) is 17.7. The first-order valence-electron chi connectivity index (χ1n) is 8.67. The first-order chi connectivity index (χ1) is 12.5. The summed E-state index contributed by atoms with van der Waals surface area (Å²) in [5.74, 6) is 1.50. The van der Waals surface area contributed by atoms with Crippen molar-refractivity contribution in [2.75, 3.05) is 0 Å². The third-order valence-electron chi connectivity index (χ3n) is 4.14. The Bertz CT molecular complexity index is 973. The summed E-state index contributed by atoms with van der Waals surface area (Å²) in [5, 5.41) is 13.5. The molecule has 0 saturated carbocycles. The Kier molecular flexibility index (Phi) is 5.08. The van der Waals surface area contributed by atoms with Crippen LogP contribution in [0.5, 0.6) is 5.75 Å². The van der Waals surface area contributed by atoms with Crippen LogP contribution >= 0.6 is 0 Å². The summed E-state index contributed by atoms with van der Waals surface area (Å²) in [6, 6.07) is 13.5. The van der Waals surface area contributed by atoms with E-state index >= 15 is 0 Å². The van der Waals surface area contributed by atoms with Crippen LogP contribution in [0.15, 0.2) is 40.9 Å². The van der Waals surface area contributed by atoms with Gasteiger partial charge in [-0.3, -0.25) is 0 Å². The summed E-state index contributed by atoms with van der Waals surface area (Å²) in [6.45, 7) is 5.96. The van der Waals surface area contributed by atoms with Crippen LogP contribution in [-0.4, -0.2) is 24.1 Å².